The molecule has 0 aromatic rings. The smallest absolute Gasteiger partial charge is 0.106 e. The third-order valence-corrected chi connectivity index (χ3v) is 13.8. The molecular formula is C32H55CuFN8. The summed E-state index contributed by atoms with van der Waals surface area (Å²) in [5, 5.41) is 32.9. The first kappa shape index (κ1) is 29.5. The van der Waals surface area contributed by atoms with E-state index in [4.69, 9.17) is 0 Å². The number of hydrogen-bond acceptors (Lipinski definition) is 8. The molecule has 9 fully saturated rings. The molecule has 0 amide bonds. The molecular weight excluding hydrogens is 579 g/mol. The fourth-order valence-corrected chi connectivity index (χ4v) is 12.0. The Kier molecular flexibility index (Phi) is 8.47. The van der Waals surface area contributed by atoms with Crippen molar-refractivity contribution >= 4 is 0 Å². The number of fused-ring (bicyclic) bond motifs is 20. The van der Waals surface area contributed by atoms with Crippen molar-refractivity contribution in [3.05, 3.63) is 0 Å². The predicted molar refractivity (Wildman–Crippen MR) is 157 cm³/mol. The first-order valence-electron chi connectivity index (χ1n) is 17.9. The van der Waals surface area contributed by atoms with E-state index in [1.54, 1.807) is 0 Å². The van der Waals surface area contributed by atoms with E-state index in [-0.39, 0.29) is 47.6 Å². The van der Waals surface area contributed by atoms with Crippen LogP contribution < -0.4 is 42.5 Å². The molecule has 17 atom stereocenters. The van der Waals surface area contributed by atoms with Crippen molar-refractivity contribution in [2.75, 3.05) is 0 Å². The molecule has 8 N–H and O–H groups in total. The van der Waals surface area contributed by atoms with E-state index in [1.807, 2.05) is 0 Å². The fourth-order valence-electron chi connectivity index (χ4n) is 12.0. The molecule has 0 aromatic heterocycles. The van der Waals surface area contributed by atoms with Crippen LogP contribution in [0.25, 0.3) is 0 Å². The summed E-state index contributed by atoms with van der Waals surface area (Å²) < 4.78 is 15.8. The van der Waals surface area contributed by atoms with Crippen molar-refractivity contribution in [1.82, 2.24) is 42.5 Å². The molecule has 5 aliphatic heterocycles. The number of alkyl halides is 1. The Balaban J connectivity index is 0.00000267. The Morgan fingerprint density at radius 2 is 0.571 bits per heavy atom. The monoisotopic (exact) mass is 633 g/mol. The third kappa shape index (κ3) is 4.98. The Morgan fingerprint density at radius 1 is 0.310 bits per heavy atom. The van der Waals surface area contributed by atoms with Crippen LogP contribution in [0, 0.1) is 47.3 Å². The van der Waals surface area contributed by atoms with E-state index in [0.717, 1.165) is 19.3 Å². The van der Waals surface area contributed by atoms with E-state index in [1.165, 1.54) is 77.0 Å². The average molecular weight is 634 g/mol. The number of halogens is 1. The molecule has 8 bridgehead atoms. The van der Waals surface area contributed by atoms with Gasteiger partial charge in [-0.05, 0) is 92.8 Å². The topological polar surface area (TPSA) is 96.2 Å². The number of nitrogens with one attached hydrogen (secondary N) is 8. The summed E-state index contributed by atoms with van der Waals surface area (Å²) >= 11 is 0. The van der Waals surface area contributed by atoms with E-state index in [0.29, 0.717) is 66.1 Å². The molecule has 5 heterocycles. The summed E-state index contributed by atoms with van der Waals surface area (Å²) in [6.45, 7) is 0. The van der Waals surface area contributed by atoms with Crippen molar-refractivity contribution in [2.45, 2.75) is 152 Å². The molecule has 241 valence electrons. The average Bonchev–Trinajstić information content (AvgIpc) is 3.73. The van der Waals surface area contributed by atoms with Gasteiger partial charge in [-0.25, -0.2) is 4.39 Å². The maximum Gasteiger partial charge on any atom is 0.106 e. The van der Waals surface area contributed by atoms with E-state index >= 15 is 4.39 Å². The third-order valence-electron chi connectivity index (χ3n) is 13.8. The van der Waals surface area contributed by atoms with Gasteiger partial charge in [0.1, 0.15) is 6.17 Å². The van der Waals surface area contributed by atoms with Crippen molar-refractivity contribution in [3.63, 3.8) is 0 Å². The molecule has 5 saturated heterocycles. The Morgan fingerprint density at radius 3 is 0.905 bits per heavy atom. The van der Waals surface area contributed by atoms with Gasteiger partial charge in [-0.15, -0.1) is 0 Å². The van der Waals surface area contributed by atoms with E-state index in [9.17, 15) is 0 Å². The van der Waals surface area contributed by atoms with Gasteiger partial charge in [0.15, 0.2) is 0 Å². The van der Waals surface area contributed by atoms with Gasteiger partial charge < -0.3 is 0 Å². The molecule has 1 radical (unpaired) electrons. The van der Waals surface area contributed by atoms with Gasteiger partial charge in [0.2, 0.25) is 0 Å². The van der Waals surface area contributed by atoms with Crippen molar-refractivity contribution < 1.29 is 21.5 Å². The second kappa shape index (κ2) is 12.1. The zero-order valence-electron chi connectivity index (χ0n) is 25.1. The minimum absolute atomic E-state index is 0. The minimum atomic E-state index is -0.721. The first-order valence-corrected chi connectivity index (χ1v) is 17.9. The Hall–Kier alpha value is 0.129. The molecule has 0 aromatic carbocycles. The quantitative estimate of drug-likeness (QED) is 0.193. The minimum Gasteiger partial charge on any atom is -0.286 e. The molecule has 9 aliphatic rings. The summed E-state index contributed by atoms with van der Waals surface area (Å²) in [5.74, 6) is 4.36. The molecule has 42 heavy (non-hydrogen) atoms. The van der Waals surface area contributed by atoms with Gasteiger partial charge in [0.25, 0.3) is 0 Å². The summed E-state index contributed by atoms with van der Waals surface area (Å²) in [6, 6.07) is 0. The van der Waals surface area contributed by atoms with Crippen LogP contribution in [0.4, 0.5) is 4.39 Å². The van der Waals surface area contributed by atoms with Crippen LogP contribution in [-0.2, 0) is 17.1 Å². The van der Waals surface area contributed by atoms with Crippen LogP contribution in [0.2, 0.25) is 0 Å². The van der Waals surface area contributed by atoms with E-state index in [2.05, 4.69) is 42.5 Å². The normalized spacial score (nSPS) is 56.9. The molecule has 4 saturated carbocycles. The van der Waals surface area contributed by atoms with E-state index < -0.39 is 6.17 Å². The summed E-state index contributed by atoms with van der Waals surface area (Å²) in [4.78, 5) is 0. The SMILES string of the molecule is FC1CCCC2C3NC4NC(NC5NC(NC6NC(NC(N3)C12)C1CCCCC61)C1CCCCC51)C1CCCCC41.[Cu]. The summed E-state index contributed by atoms with van der Waals surface area (Å²) in [6.07, 6.45) is 20.2. The molecule has 0 spiro atoms. The second-order valence-corrected chi connectivity index (χ2v) is 15.7. The van der Waals surface area contributed by atoms with Crippen molar-refractivity contribution in [1.29, 1.82) is 0 Å². The van der Waals surface area contributed by atoms with Gasteiger partial charge >= 0.3 is 0 Å². The van der Waals surface area contributed by atoms with Crippen LogP contribution in [-0.4, -0.2) is 55.5 Å². The molecule has 10 heteroatoms. The standard InChI is InChI=1S/C32H55FN8.Cu/c33-23-15-7-14-22-24(23)32-40-30-21-13-6-5-12-20(21)28(38-30)36-26-17-9-2-1-8-16(17)25(34-26)35-27-18-10-3-4-11-19(18)29(37-27)39-31(22)41-32;/h16-32,34-41H,1-15H2;. The summed E-state index contributed by atoms with van der Waals surface area (Å²) in [5.41, 5.74) is 0. The maximum atomic E-state index is 15.8. The number of rotatable bonds is 0. The van der Waals surface area contributed by atoms with Gasteiger partial charge in [-0.3, -0.25) is 42.5 Å². The van der Waals surface area contributed by atoms with Crippen molar-refractivity contribution in [2.24, 2.45) is 47.3 Å². The first-order chi connectivity index (χ1) is 20.2. The van der Waals surface area contributed by atoms with Gasteiger partial charge in [-0.2, -0.15) is 0 Å². The van der Waals surface area contributed by atoms with Crippen LogP contribution in [0.1, 0.15) is 96.3 Å². The molecule has 9 rings (SSSR count). The van der Waals surface area contributed by atoms with Gasteiger partial charge in [0, 0.05) is 23.0 Å². The van der Waals surface area contributed by atoms with Crippen LogP contribution in [0.15, 0.2) is 0 Å². The molecule has 17 unspecified atom stereocenters. The molecule has 8 nitrogen and oxygen atoms in total. The summed E-state index contributed by atoms with van der Waals surface area (Å²) in [7, 11) is 0. The van der Waals surface area contributed by atoms with Crippen LogP contribution in [0.5, 0.6) is 0 Å². The Bertz CT molecular complexity index is 959. The fraction of sp³-hybridized carbons (Fsp3) is 1.00. The maximum absolute atomic E-state index is 15.8. The van der Waals surface area contributed by atoms with Gasteiger partial charge in [0.05, 0.1) is 49.3 Å². The van der Waals surface area contributed by atoms with Crippen molar-refractivity contribution in [3.8, 4) is 0 Å². The van der Waals surface area contributed by atoms with Crippen LogP contribution in [0.3, 0.4) is 0 Å². The number of hydrogen-bond donors (Lipinski definition) is 8. The van der Waals surface area contributed by atoms with Crippen LogP contribution >= 0.6 is 0 Å². The zero-order chi connectivity index (χ0) is 27.1. The largest absolute Gasteiger partial charge is 0.286 e. The Labute approximate surface area is 262 Å². The zero-order valence-corrected chi connectivity index (χ0v) is 26.0. The second-order valence-electron chi connectivity index (χ2n) is 15.7. The predicted octanol–water partition coefficient (Wildman–Crippen LogP) is 2.55. The molecule has 4 aliphatic carbocycles. The van der Waals surface area contributed by atoms with Gasteiger partial charge in [-0.1, -0.05) is 44.9 Å².